The van der Waals surface area contributed by atoms with Crippen LogP contribution in [0.15, 0.2) is 18.2 Å². The van der Waals surface area contributed by atoms with E-state index in [0.717, 1.165) is 17.5 Å². The molecule has 19 heavy (non-hydrogen) atoms. The Morgan fingerprint density at radius 3 is 2.84 bits per heavy atom. The molecule has 2 rings (SSSR count). The molecule has 0 saturated carbocycles. The maximum Gasteiger partial charge on any atom is 0.323 e. The Morgan fingerprint density at radius 1 is 1.47 bits per heavy atom. The van der Waals surface area contributed by atoms with Crippen LogP contribution >= 0.6 is 0 Å². The van der Waals surface area contributed by atoms with Crippen molar-refractivity contribution in [3.05, 3.63) is 35.1 Å². The monoisotopic (exact) mass is 265 g/mol. The summed E-state index contributed by atoms with van der Waals surface area (Å²) in [6.07, 6.45) is 1.53. The molecule has 1 aliphatic carbocycles. The third kappa shape index (κ3) is 2.78. The topological polar surface area (TPSA) is 38.3 Å². The second kappa shape index (κ2) is 5.70. The van der Waals surface area contributed by atoms with Crippen LogP contribution in [0.3, 0.4) is 0 Å². The first-order valence-electron chi connectivity index (χ1n) is 6.65. The Bertz CT molecular complexity index is 473. The number of rotatable bonds is 4. The van der Waals surface area contributed by atoms with Crippen molar-refractivity contribution in [2.45, 2.75) is 38.8 Å². The summed E-state index contributed by atoms with van der Waals surface area (Å²) in [5.74, 6) is -0.286. The molecule has 0 spiro atoms. The Morgan fingerprint density at radius 2 is 2.21 bits per heavy atom. The lowest BCUT2D eigenvalue weighted by atomic mass is 10.0. The highest BCUT2D eigenvalue weighted by atomic mass is 19.1. The molecule has 104 valence electrons. The molecule has 0 fully saturated rings. The number of ether oxygens (including phenoxy) is 1. The van der Waals surface area contributed by atoms with Gasteiger partial charge in [0.15, 0.2) is 0 Å². The Labute approximate surface area is 113 Å². The van der Waals surface area contributed by atoms with Gasteiger partial charge in [-0.05, 0) is 36.0 Å². The van der Waals surface area contributed by atoms with Crippen LogP contribution in [0.5, 0.6) is 0 Å². The highest BCUT2D eigenvalue weighted by Crippen LogP contribution is 2.33. The molecule has 0 heterocycles. The van der Waals surface area contributed by atoms with Crippen molar-refractivity contribution in [3.8, 4) is 0 Å². The lowest BCUT2D eigenvalue weighted by Crippen LogP contribution is -2.43. The molecule has 1 aromatic carbocycles. The minimum atomic E-state index is -0.357. The maximum atomic E-state index is 13.7. The summed E-state index contributed by atoms with van der Waals surface area (Å²) in [5, 5.41) is 3.31. The number of halogens is 1. The van der Waals surface area contributed by atoms with Crippen molar-refractivity contribution in [3.63, 3.8) is 0 Å². The minimum absolute atomic E-state index is 0.0252. The zero-order valence-corrected chi connectivity index (χ0v) is 11.6. The number of nitrogens with one attached hydrogen (secondary N) is 1. The van der Waals surface area contributed by atoms with E-state index in [-0.39, 0.29) is 29.8 Å². The summed E-state index contributed by atoms with van der Waals surface area (Å²) in [6.45, 7) is 3.94. The molecular formula is C15H20FNO2. The van der Waals surface area contributed by atoms with Gasteiger partial charge in [0.1, 0.15) is 11.9 Å². The van der Waals surface area contributed by atoms with Crippen LogP contribution < -0.4 is 5.32 Å². The largest absolute Gasteiger partial charge is 0.468 e. The lowest BCUT2D eigenvalue weighted by molar-refractivity contribution is -0.144. The fourth-order valence-corrected chi connectivity index (χ4v) is 2.66. The van der Waals surface area contributed by atoms with E-state index < -0.39 is 0 Å². The summed E-state index contributed by atoms with van der Waals surface area (Å²) >= 11 is 0. The molecule has 0 amide bonds. The first-order valence-corrected chi connectivity index (χ1v) is 6.65. The second-order valence-corrected chi connectivity index (χ2v) is 5.31. The van der Waals surface area contributed by atoms with Crippen molar-refractivity contribution in [1.82, 2.24) is 5.32 Å². The molecule has 2 atom stereocenters. The van der Waals surface area contributed by atoms with Crippen molar-refractivity contribution >= 4 is 5.97 Å². The van der Waals surface area contributed by atoms with E-state index in [1.807, 2.05) is 19.9 Å². The standard InChI is InChI=1S/C15H20FNO2/c1-9(2)14(15(18)19-3)17-13-8-7-10-11(13)5-4-6-12(10)16/h4-6,9,13-14,17H,7-8H2,1-3H3. The number of hydrogen-bond acceptors (Lipinski definition) is 3. The van der Waals surface area contributed by atoms with Gasteiger partial charge in [-0.25, -0.2) is 4.39 Å². The van der Waals surface area contributed by atoms with Gasteiger partial charge in [0, 0.05) is 6.04 Å². The number of methoxy groups -OCH3 is 1. The van der Waals surface area contributed by atoms with E-state index in [9.17, 15) is 9.18 Å². The number of benzene rings is 1. The van der Waals surface area contributed by atoms with E-state index in [0.29, 0.717) is 6.42 Å². The van der Waals surface area contributed by atoms with E-state index in [4.69, 9.17) is 4.74 Å². The number of carbonyl (C=O) groups excluding carboxylic acids is 1. The average Bonchev–Trinajstić information content (AvgIpc) is 2.79. The number of fused-ring (bicyclic) bond motifs is 1. The van der Waals surface area contributed by atoms with E-state index in [1.54, 1.807) is 6.07 Å². The SMILES string of the molecule is COC(=O)C(NC1CCc2c(F)cccc21)C(C)C. The summed E-state index contributed by atoms with van der Waals surface area (Å²) in [6, 6.07) is 4.80. The Balaban J connectivity index is 2.18. The van der Waals surface area contributed by atoms with Gasteiger partial charge in [0.2, 0.25) is 0 Å². The summed E-state index contributed by atoms with van der Waals surface area (Å²) in [4.78, 5) is 11.8. The zero-order valence-electron chi connectivity index (χ0n) is 11.6. The molecule has 1 aliphatic rings. The fourth-order valence-electron chi connectivity index (χ4n) is 2.66. The van der Waals surface area contributed by atoms with Crippen molar-refractivity contribution < 1.29 is 13.9 Å². The first-order chi connectivity index (χ1) is 9.04. The summed E-state index contributed by atoms with van der Waals surface area (Å²) in [5.41, 5.74) is 1.74. The van der Waals surface area contributed by atoms with Crippen LogP contribution in [0.2, 0.25) is 0 Å². The molecule has 1 N–H and O–H groups in total. The van der Waals surface area contributed by atoms with Gasteiger partial charge in [0.25, 0.3) is 0 Å². The van der Waals surface area contributed by atoms with E-state index in [2.05, 4.69) is 5.32 Å². The first kappa shape index (κ1) is 14.0. The molecule has 0 radical (unpaired) electrons. The van der Waals surface area contributed by atoms with E-state index >= 15 is 0 Å². The summed E-state index contributed by atoms with van der Waals surface area (Å²) in [7, 11) is 1.39. The average molecular weight is 265 g/mol. The zero-order chi connectivity index (χ0) is 14.0. The van der Waals surface area contributed by atoms with Gasteiger partial charge >= 0.3 is 5.97 Å². The molecule has 0 aliphatic heterocycles. The number of esters is 1. The predicted molar refractivity (Wildman–Crippen MR) is 71.2 cm³/mol. The quantitative estimate of drug-likeness (QED) is 0.850. The number of hydrogen-bond donors (Lipinski definition) is 1. The third-order valence-electron chi connectivity index (χ3n) is 3.72. The third-order valence-corrected chi connectivity index (χ3v) is 3.72. The van der Waals surface area contributed by atoms with Crippen molar-refractivity contribution in [2.24, 2.45) is 5.92 Å². The summed E-state index contributed by atoms with van der Waals surface area (Å²) < 4.78 is 18.5. The van der Waals surface area contributed by atoms with Crippen LogP contribution in [-0.2, 0) is 16.0 Å². The predicted octanol–water partition coefficient (Wildman–Crippen LogP) is 2.60. The van der Waals surface area contributed by atoms with Crippen LogP contribution in [0.25, 0.3) is 0 Å². The smallest absolute Gasteiger partial charge is 0.323 e. The Kier molecular flexibility index (Phi) is 4.20. The van der Waals surface area contributed by atoms with Gasteiger partial charge < -0.3 is 4.74 Å². The minimum Gasteiger partial charge on any atom is -0.468 e. The highest BCUT2D eigenvalue weighted by Gasteiger charge is 2.31. The molecule has 0 aromatic heterocycles. The number of carbonyl (C=O) groups is 1. The van der Waals surface area contributed by atoms with Crippen LogP contribution in [-0.4, -0.2) is 19.1 Å². The lowest BCUT2D eigenvalue weighted by Gasteiger charge is -2.24. The van der Waals surface area contributed by atoms with Crippen molar-refractivity contribution in [1.29, 1.82) is 0 Å². The second-order valence-electron chi connectivity index (χ2n) is 5.31. The molecule has 1 aromatic rings. The van der Waals surface area contributed by atoms with Gasteiger partial charge in [-0.2, -0.15) is 0 Å². The van der Waals surface area contributed by atoms with Gasteiger partial charge in [-0.3, -0.25) is 10.1 Å². The highest BCUT2D eigenvalue weighted by molar-refractivity contribution is 5.76. The fraction of sp³-hybridized carbons (Fsp3) is 0.533. The van der Waals surface area contributed by atoms with Crippen LogP contribution in [0, 0.1) is 11.7 Å². The van der Waals surface area contributed by atoms with Gasteiger partial charge in [-0.1, -0.05) is 26.0 Å². The van der Waals surface area contributed by atoms with E-state index in [1.165, 1.54) is 13.2 Å². The molecule has 3 nitrogen and oxygen atoms in total. The van der Waals surface area contributed by atoms with Crippen LogP contribution in [0.4, 0.5) is 4.39 Å². The normalized spacial score (nSPS) is 19.3. The Hall–Kier alpha value is -1.42. The molecule has 0 saturated heterocycles. The van der Waals surface area contributed by atoms with Crippen molar-refractivity contribution in [2.75, 3.05) is 7.11 Å². The molecule has 2 unspecified atom stereocenters. The molecule has 4 heteroatoms. The molecule has 0 bridgehead atoms. The van der Waals surface area contributed by atoms with Gasteiger partial charge in [-0.15, -0.1) is 0 Å². The maximum absolute atomic E-state index is 13.7. The van der Waals surface area contributed by atoms with Crippen LogP contribution in [0.1, 0.15) is 37.4 Å². The molecular weight excluding hydrogens is 245 g/mol. The van der Waals surface area contributed by atoms with Gasteiger partial charge in [0.05, 0.1) is 7.11 Å².